The van der Waals surface area contributed by atoms with Crippen LogP contribution in [0.3, 0.4) is 0 Å². The van der Waals surface area contributed by atoms with Gasteiger partial charge in [0, 0.05) is 45.0 Å². The first-order valence-corrected chi connectivity index (χ1v) is 12.7. The van der Waals surface area contributed by atoms with E-state index < -0.39 is 0 Å². The molecule has 6 heteroatoms. The molecule has 3 aliphatic rings. The van der Waals surface area contributed by atoms with E-state index in [1.807, 2.05) is 13.8 Å². The van der Waals surface area contributed by atoms with Crippen LogP contribution < -0.4 is 21.3 Å². The quantitative estimate of drug-likeness (QED) is 0.625. The molecule has 5 nitrogen and oxygen atoms in total. The van der Waals surface area contributed by atoms with Crippen molar-refractivity contribution >= 4 is 33.4 Å². The monoisotopic (exact) mass is 439 g/mol. The van der Waals surface area contributed by atoms with Gasteiger partial charge in [-0.25, -0.2) is 0 Å². The summed E-state index contributed by atoms with van der Waals surface area (Å²) in [6, 6.07) is 11.4. The van der Waals surface area contributed by atoms with Crippen molar-refractivity contribution in [3.8, 4) is 0 Å². The minimum absolute atomic E-state index is 0.184. The van der Waals surface area contributed by atoms with E-state index in [4.69, 9.17) is 5.73 Å². The van der Waals surface area contributed by atoms with E-state index >= 15 is 0 Å². The molecule has 1 aromatic carbocycles. The number of nitrogens with zero attached hydrogens (tertiary/aromatic N) is 2. The molecule has 0 spiro atoms. The smallest absolute Gasteiger partial charge is 0.0884 e. The third-order valence-corrected chi connectivity index (χ3v) is 7.54. The third kappa shape index (κ3) is 4.70. The first-order chi connectivity index (χ1) is 15.2. The number of fused-ring (bicyclic) bond motifs is 1. The van der Waals surface area contributed by atoms with E-state index in [2.05, 4.69) is 63.8 Å². The van der Waals surface area contributed by atoms with Crippen LogP contribution in [0.4, 0.5) is 16.4 Å². The predicted molar refractivity (Wildman–Crippen MR) is 136 cm³/mol. The van der Waals surface area contributed by atoms with Gasteiger partial charge in [-0.3, -0.25) is 0 Å². The van der Waals surface area contributed by atoms with Gasteiger partial charge in [-0.1, -0.05) is 39.3 Å². The lowest BCUT2D eigenvalue weighted by Crippen LogP contribution is -2.43. The van der Waals surface area contributed by atoms with Crippen LogP contribution in [0.25, 0.3) is 5.70 Å². The van der Waals surface area contributed by atoms with Crippen molar-refractivity contribution in [2.75, 3.05) is 55.2 Å². The molecule has 0 saturated carbocycles. The fourth-order valence-electron chi connectivity index (χ4n) is 4.78. The van der Waals surface area contributed by atoms with Crippen molar-refractivity contribution in [1.82, 2.24) is 10.2 Å². The van der Waals surface area contributed by atoms with Crippen LogP contribution in [0.15, 0.2) is 36.4 Å². The Morgan fingerprint density at radius 2 is 1.81 bits per heavy atom. The summed E-state index contributed by atoms with van der Waals surface area (Å²) < 4.78 is 0. The SMILES string of the molecule is CC.CCC1CCN(C2=CC(c3ccc(N4CCNCC4)cc3)Nc3cc(N)sc32)C1. The van der Waals surface area contributed by atoms with Crippen LogP contribution in [0.1, 0.15) is 50.1 Å². The Balaban J connectivity index is 0.00000112. The molecular formula is C25H37N5S. The zero-order chi connectivity index (χ0) is 21.8. The van der Waals surface area contributed by atoms with Gasteiger partial charge < -0.3 is 26.2 Å². The lowest BCUT2D eigenvalue weighted by Gasteiger charge is -2.31. The van der Waals surface area contributed by atoms with Crippen LogP contribution in [-0.2, 0) is 0 Å². The van der Waals surface area contributed by atoms with Crippen LogP contribution in [0.5, 0.6) is 0 Å². The molecular weight excluding hydrogens is 402 g/mol. The van der Waals surface area contributed by atoms with Crippen molar-refractivity contribution < 1.29 is 0 Å². The molecule has 2 fully saturated rings. The van der Waals surface area contributed by atoms with Gasteiger partial charge in [-0.2, -0.15) is 0 Å². The molecule has 5 rings (SSSR count). The Kier molecular flexibility index (Phi) is 7.08. The summed E-state index contributed by atoms with van der Waals surface area (Å²) in [7, 11) is 0. The molecule has 0 radical (unpaired) electrons. The van der Waals surface area contributed by atoms with Crippen LogP contribution in [0, 0.1) is 5.92 Å². The average molecular weight is 440 g/mol. The highest BCUT2D eigenvalue weighted by atomic mass is 32.1. The summed E-state index contributed by atoms with van der Waals surface area (Å²) >= 11 is 1.71. The van der Waals surface area contributed by atoms with Crippen molar-refractivity contribution in [3.63, 3.8) is 0 Å². The molecule has 2 saturated heterocycles. The van der Waals surface area contributed by atoms with E-state index in [-0.39, 0.29) is 6.04 Å². The summed E-state index contributed by atoms with van der Waals surface area (Å²) in [6.07, 6.45) is 4.97. The van der Waals surface area contributed by atoms with Gasteiger partial charge >= 0.3 is 0 Å². The molecule has 3 aliphatic heterocycles. The standard InChI is InChI=1S/C23H31N5S.C2H6/c1-2-16-7-10-28(15-16)21-13-19(26-20-14-22(24)29-23(20)21)17-3-5-18(6-4-17)27-11-8-25-9-12-27;1-2/h3-6,13-14,16,19,25-26H,2,7-12,15,24H2,1H3;1-2H3. The zero-order valence-electron chi connectivity index (χ0n) is 19.2. The number of nitrogens with one attached hydrogen (secondary N) is 2. The molecule has 168 valence electrons. The molecule has 0 amide bonds. The van der Waals surface area contributed by atoms with Gasteiger partial charge in [-0.05, 0) is 42.2 Å². The van der Waals surface area contributed by atoms with Gasteiger partial charge in [0.1, 0.15) is 0 Å². The molecule has 0 aliphatic carbocycles. The van der Waals surface area contributed by atoms with Crippen molar-refractivity contribution in [1.29, 1.82) is 0 Å². The van der Waals surface area contributed by atoms with Crippen molar-refractivity contribution in [2.45, 2.75) is 39.7 Å². The maximum absolute atomic E-state index is 6.18. The van der Waals surface area contributed by atoms with Gasteiger partial charge in [0.15, 0.2) is 0 Å². The van der Waals surface area contributed by atoms with Crippen molar-refractivity contribution in [3.05, 3.63) is 46.8 Å². The Bertz CT molecular complexity index is 882. The number of likely N-dealkylation sites (tertiary alicyclic amines) is 1. The molecule has 31 heavy (non-hydrogen) atoms. The van der Waals surface area contributed by atoms with Gasteiger partial charge in [0.2, 0.25) is 0 Å². The van der Waals surface area contributed by atoms with Crippen LogP contribution >= 0.6 is 11.3 Å². The van der Waals surface area contributed by atoms with Crippen LogP contribution in [0.2, 0.25) is 0 Å². The molecule has 2 aromatic rings. The summed E-state index contributed by atoms with van der Waals surface area (Å²) in [4.78, 5) is 6.34. The fourth-order valence-corrected chi connectivity index (χ4v) is 5.72. The second-order valence-electron chi connectivity index (χ2n) is 8.40. The van der Waals surface area contributed by atoms with E-state index in [9.17, 15) is 0 Å². The van der Waals surface area contributed by atoms with E-state index in [1.165, 1.54) is 40.4 Å². The number of benzene rings is 1. The molecule has 0 bridgehead atoms. The average Bonchev–Trinajstić information content (AvgIpc) is 3.46. The Morgan fingerprint density at radius 1 is 1.06 bits per heavy atom. The maximum atomic E-state index is 6.18. The molecule has 4 N–H and O–H groups in total. The lowest BCUT2D eigenvalue weighted by atomic mass is 10.0. The number of thiophene rings is 1. The van der Waals surface area contributed by atoms with Gasteiger partial charge in [-0.15, -0.1) is 11.3 Å². The highest BCUT2D eigenvalue weighted by Crippen LogP contribution is 2.44. The Morgan fingerprint density at radius 3 is 2.48 bits per heavy atom. The number of piperazine rings is 1. The number of nitrogen functional groups attached to an aromatic ring is 1. The van der Waals surface area contributed by atoms with E-state index in [0.717, 1.165) is 50.2 Å². The number of hydrogen-bond acceptors (Lipinski definition) is 6. The molecule has 2 unspecified atom stereocenters. The number of hydrogen-bond donors (Lipinski definition) is 3. The minimum Gasteiger partial charge on any atom is -0.391 e. The fraction of sp³-hybridized carbons (Fsp3) is 0.520. The Hall–Kier alpha value is -2.18. The number of nitrogens with two attached hydrogens (primary N) is 1. The molecule has 4 heterocycles. The second-order valence-corrected chi connectivity index (χ2v) is 9.49. The van der Waals surface area contributed by atoms with Crippen LogP contribution in [-0.4, -0.2) is 44.2 Å². The molecule has 1 aromatic heterocycles. The summed E-state index contributed by atoms with van der Waals surface area (Å²) in [6.45, 7) is 12.9. The first kappa shape index (κ1) is 22.0. The summed E-state index contributed by atoms with van der Waals surface area (Å²) in [5, 5.41) is 8.02. The first-order valence-electron chi connectivity index (χ1n) is 11.9. The predicted octanol–water partition coefficient (Wildman–Crippen LogP) is 5.01. The third-order valence-electron chi connectivity index (χ3n) is 6.56. The minimum atomic E-state index is 0.184. The number of anilines is 3. The lowest BCUT2D eigenvalue weighted by molar-refractivity contribution is 0.452. The molecule has 2 atom stereocenters. The Labute approximate surface area is 191 Å². The van der Waals surface area contributed by atoms with Crippen molar-refractivity contribution in [2.24, 2.45) is 5.92 Å². The maximum Gasteiger partial charge on any atom is 0.0884 e. The van der Waals surface area contributed by atoms with Gasteiger partial charge in [0.25, 0.3) is 0 Å². The second kappa shape index (κ2) is 9.96. The van der Waals surface area contributed by atoms with Gasteiger partial charge in [0.05, 0.1) is 27.3 Å². The summed E-state index contributed by atoms with van der Waals surface area (Å²) in [5.74, 6) is 0.809. The number of rotatable bonds is 4. The zero-order valence-corrected chi connectivity index (χ0v) is 20.0. The topological polar surface area (TPSA) is 56.6 Å². The largest absolute Gasteiger partial charge is 0.391 e. The van der Waals surface area contributed by atoms with E-state index in [1.54, 1.807) is 11.3 Å². The normalized spacial score (nSPS) is 22.9. The highest BCUT2D eigenvalue weighted by Gasteiger charge is 2.30. The van der Waals surface area contributed by atoms with E-state index in [0.29, 0.717) is 0 Å². The summed E-state index contributed by atoms with van der Waals surface area (Å²) in [5.41, 5.74) is 11.4. The highest BCUT2D eigenvalue weighted by molar-refractivity contribution is 7.17.